The molecule has 0 aliphatic heterocycles. The average Bonchev–Trinajstić information content (AvgIpc) is 1.33. The van der Waals surface area contributed by atoms with Gasteiger partial charge in [-0.05, 0) is 172 Å². The summed E-state index contributed by atoms with van der Waals surface area (Å²) in [6.45, 7) is 19.2. The highest BCUT2D eigenvalue weighted by Crippen LogP contribution is 2.48. The molecule has 0 bridgehead atoms. The summed E-state index contributed by atoms with van der Waals surface area (Å²) < 4.78 is 51.9. The van der Waals surface area contributed by atoms with Gasteiger partial charge in [-0.2, -0.15) is 0 Å². The van der Waals surface area contributed by atoms with Crippen LogP contribution in [-0.4, -0.2) is 24.9 Å². The fourth-order valence-corrected chi connectivity index (χ4v) is 13.1. The minimum Gasteiger partial charge on any atom is -0.503 e. The summed E-state index contributed by atoms with van der Waals surface area (Å²) in [5.41, 5.74) is 11.3. The van der Waals surface area contributed by atoms with E-state index in [1.54, 1.807) is 0 Å². The molecule has 0 atom stereocenters. The Bertz CT molecular complexity index is 4030. The van der Waals surface area contributed by atoms with Crippen molar-refractivity contribution in [1.82, 2.24) is 0 Å². The van der Waals surface area contributed by atoms with Gasteiger partial charge in [0.05, 0.1) is 31.1 Å². The lowest BCUT2D eigenvalue weighted by Gasteiger charge is -2.29. The molecule has 9 rings (SSSR count). The SMILES string of the molecule is CCCCCCCCOc1ccc(N(c2ccc(-c3sc(-c4cc(F)c(C#Cc5c(O)c(=O)c5=O)c(F)c4)cc3-c3ccc(N(c4ccc(C)cc4C)c4ccc(OCCCCCCCC)cc4OCCCCCCCC)cc3)cc2)c2ccc(C)cc2C)c(C)c1. The zero-order chi connectivity index (χ0) is 65.1. The van der Waals surface area contributed by atoms with Crippen molar-refractivity contribution in [1.29, 1.82) is 0 Å². The number of aryl methyl sites for hydroxylation is 5. The number of anilines is 6. The predicted octanol–water partition coefficient (Wildman–Crippen LogP) is 22.4. The van der Waals surface area contributed by atoms with E-state index >= 15 is 8.78 Å². The van der Waals surface area contributed by atoms with E-state index in [2.05, 4.69) is 198 Å². The molecular weight excluding hydrogens is 1170 g/mol. The maximum atomic E-state index is 16.2. The van der Waals surface area contributed by atoms with Gasteiger partial charge < -0.3 is 29.1 Å². The smallest absolute Gasteiger partial charge is 0.270 e. The fraction of sp³-hybridized carbons (Fsp3) is 0.358. The molecule has 1 heterocycles. The highest BCUT2D eigenvalue weighted by Gasteiger charge is 2.25. The van der Waals surface area contributed by atoms with Crippen molar-refractivity contribution < 1.29 is 28.1 Å². The Labute approximate surface area is 548 Å². The molecule has 11 heteroatoms. The van der Waals surface area contributed by atoms with Crippen LogP contribution in [0.4, 0.5) is 42.9 Å². The molecule has 0 amide bonds. The molecule has 1 aromatic heterocycles. The minimum atomic E-state index is -1.08. The van der Waals surface area contributed by atoms with Crippen molar-refractivity contribution in [3.05, 3.63) is 211 Å². The van der Waals surface area contributed by atoms with E-state index in [-0.39, 0.29) is 5.56 Å². The van der Waals surface area contributed by atoms with Gasteiger partial charge in [-0.25, -0.2) is 8.78 Å². The third-order valence-corrected chi connectivity index (χ3v) is 18.4. The van der Waals surface area contributed by atoms with E-state index in [1.165, 1.54) is 106 Å². The van der Waals surface area contributed by atoms with E-state index in [0.717, 1.165) is 134 Å². The highest BCUT2D eigenvalue weighted by molar-refractivity contribution is 7.19. The first-order chi connectivity index (χ1) is 44.7. The van der Waals surface area contributed by atoms with Gasteiger partial charge in [-0.15, -0.1) is 11.3 Å². The number of unbranched alkanes of at least 4 members (excludes halogenated alkanes) is 15. The van der Waals surface area contributed by atoms with E-state index in [1.807, 2.05) is 6.07 Å². The molecule has 0 unspecified atom stereocenters. The van der Waals surface area contributed by atoms with Gasteiger partial charge in [0.1, 0.15) is 34.4 Å². The monoisotopic (exact) mass is 1260 g/mol. The molecule has 8 aromatic carbocycles. The largest absolute Gasteiger partial charge is 0.503 e. The van der Waals surface area contributed by atoms with Gasteiger partial charge in [-0.3, -0.25) is 9.59 Å². The van der Waals surface area contributed by atoms with Crippen LogP contribution in [0.15, 0.2) is 149 Å². The first-order valence-corrected chi connectivity index (χ1v) is 34.3. The Balaban J connectivity index is 1.10. The maximum Gasteiger partial charge on any atom is 0.270 e. The van der Waals surface area contributed by atoms with Crippen LogP contribution in [0.5, 0.6) is 23.0 Å². The maximum absolute atomic E-state index is 16.2. The second kappa shape index (κ2) is 33.2. The fourth-order valence-electron chi connectivity index (χ4n) is 12.0. The molecule has 0 saturated carbocycles. The molecular formula is C81H90F2N2O6S. The Hall–Kier alpha value is -8.46. The topological polar surface area (TPSA) is 88.5 Å². The number of benzene rings is 7. The van der Waals surface area contributed by atoms with E-state index in [0.29, 0.717) is 24.7 Å². The Kier molecular flexibility index (Phi) is 24.5. The zero-order valence-corrected chi connectivity index (χ0v) is 56.0. The molecule has 8 nitrogen and oxygen atoms in total. The summed E-state index contributed by atoms with van der Waals surface area (Å²) in [7, 11) is 0. The lowest BCUT2D eigenvalue weighted by atomic mass is 9.99. The molecule has 0 spiro atoms. The lowest BCUT2D eigenvalue weighted by molar-refractivity contribution is 0.290. The first kappa shape index (κ1) is 67.9. The second-order valence-electron chi connectivity index (χ2n) is 24.6. The van der Waals surface area contributed by atoms with Crippen LogP contribution in [0.1, 0.15) is 175 Å². The Morgan fingerprint density at radius 1 is 0.424 bits per heavy atom. The highest BCUT2D eigenvalue weighted by atomic mass is 32.1. The molecule has 0 aliphatic carbocycles. The third-order valence-electron chi connectivity index (χ3n) is 17.1. The molecule has 0 fully saturated rings. The van der Waals surface area contributed by atoms with Crippen LogP contribution in [0.25, 0.3) is 32.0 Å². The van der Waals surface area contributed by atoms with Gasteiger partial charge in [-0.1, -0.05) is 189 Å². The number of aromatic hydroxyl groups is 1. The van der Waals surface area contributed by atoms with E-state index in [4.69, 9.17) is 14.2 Å². The molecule has 9 aromatic rings. The third kappa shape index (κ3) is 17.2. The normalized spacial score (nSPS) is 11.2. The molecule has 0 saturated heterocycles. The zero-order valence-electron chi connectivity index (χ0n) is 55.2. The first-order valence-electron chi connectivity index (χ1n) is 33.4. The van der Waals surface area contributed by atoms with Crippen molar-refractivity contribution in [3.8, 4) is 66.8 Å². The average molecular weight is 1260 g/mol. The number of hydrogen-bond donors (Lipinski definition) is 1. The van der Waals surface area contributed by atoms with E-state index in [9.17, 15) is 14.7 Å². The summed E-state index contributed by atoms with van der Waals surface area (Å²) in [6.07, 6.45) is 21.1. The van der Waals surface area contributed by atoms with Crippen molar-refractivity contribution in [2.24, 2.45) is 0 Å². The van der Waals surface area contributed by atoms with Crippen molar-refractivity contribution in [2.45, 2.75) is 171 Å². The molecule has 0 aliphatic rings. The van der Waals surface area contributed by atoms with Crippen LogP contribution < -0.4 is 34.9 Å². The van der Waals surface area contributed by atoms with Crippen molar-refractivity contribution in [2.75, 3.05) is 29.6 Å². The predicted molar refractivity (Wildman–Crippen MR) is 379 cm³/mol. The van der Waals surface area contributed by atoms with Crippen LogP contribution in [0.2, 0.25) is 0 Å². The van der Waals surface area contributed by atoms with Crippen LogP contribution in [-0.2, 0) is 0 Å². The number of hydrogen-bond acceptors (Lipinski definition) is 9. The van der Waals surface area contributed by atoms with Gasteiger partial charge in [0.15, 0.2) is 5.75 Å². The van der Waals surface area contributed by atoms with Gasteiger partial charge in [0.25, 0.3) is 5.43 Å². The van der Waals surface area contributed by atoms with Gasteiger partial charge >= 0.3 is 0 Å². The summed E-state index contributed by atoms with van der Waals surface area (Å²) in [5, 5.41) is 9.92. The van der Waals surface area contributed by atoms with Crippen molar-refractivity contribution >= 4 is 45.5 Å². The minimum absolute atomic E-state index is 0.290. The molecule has 480 valence electrons. The standard InChI is InChI=1S/C81H90F2N2O6S/c1-9-12-15-18-21-24-45-89-65-37-43-74(59(8)50-65)84(72-41-27-55(4)48-57(72)6)63-35-31-61(32-36-63)81-69(54-77(92-81)62-51-70(82)67(71(83)52-62)39-40-68-78(86)80(88)79(68)87)60-29-33-64(34-30-60)85(73-42-28-56(5)49-58(73)7)75-44-38-66(90-46-25-22-19-16-13-10-2)53-76(75)91-47-26-23-20-17-14-11-3/h27-38,41-44,48-54,86H,9-26,45-47H2,1-8H3. The lowest BCUT2D eigenvalue weighted by Crippen LogP contribution is -2.33. The van der Waals surface area contributed by atoms with Crippen LogP contribution in [0, 0.1) is 58.1 Å². The molecule has 1 N–H and O–H groups in total. The summed E-state index contributed by atoms with van der Waals surface area (Å²) in [5.74, 6) is 4.32. The number of nitrogens with zero attached hydrogens (tertiary/aromatic N) is 2. The number of ether oxygens (including phenoxy) is 3. The molecule has 0 radical (unpaired) electrons. The summed E-state index contributed by atoms with van der Waals surface area (Å²) in [6, 6.07) is 46.9. The number of halogens is 2. The molecule has 92 heavy (non-hydrogen) atoms. The Morgan fingerprint density at radius 3 is 1.34 bits per heavy atom. The number of thiophene rings is 1. The second-order valence-corrected chi connectivity index (χ2v) is 25.6. The Morgan fingerprint density at radius 2 is 0.848 bits per heavy atom. The van der Waals surface area contributed by atoms with Crippen LogP contribution >= 0.6 is 11.3 Å². The van der Waals surface area contributed by atoms with Gasteiger partial charge in [0.2, 0.25) is 5.43 Å². The van der Waals surface area contributed by atoms with Crippen molar-refractivity contribution in [3.63, 3.8) is 0 Å². The summed E-state index contributed by atoms with van der Waals surface area (Å²) in [4.78, 5) is 29.8. The number of rotatable bonds is 33. The van der Waals surface area contributed by atoms with Gasteiger partial charge in [0, 0.05) is 49.8 Å². The summed E-state index contributed by atoms with van der Waals surface area (Å²) >= 11 is 1.42. The quantitative estimate of drug-likeness (QED) is 0.0247. The van der Waals surface area contributed by atoms with E-state index < -0.39 is 39.4 Å². The van der Waals surface area contributed by atoms with Crippen LogP contribution in [0.3, 0.4) is 0 Å².